The zero-order valence-electron chi connectivity index (χ0n) is 74.3. The zero-order chi connectivity index (χ0) is 97.5. The van der Waals surface area contributed by atoms with Gasteiger partial charge in [0.2, 0.25) is 100 Å². The van der Waals surface area contributed by atoms with Crippen LogP contribution in [0.15, 0.2) is 209 Å². The van der Waals surface area contributed by atoms with Crippen LogP contribution in [-0.2, 0) is 86.2 Å². The molecule has 7 aromatic heterocycles. The van der Waals surface area contributed by atoms with E-state index in [-0.39, 0.29) is 137 Å². The molecule has 39 nitrogen and oxygen atoms in total. The zero-order valence-corrected chi connectivity index (χ0v) is 74.3. The second-order valence-electron chi connectivity index (χ2n) is 33.3. The summed E-state index contributed by atoms with van der Waals surface area (Å²) < 4.78 is 42.9. The fraction of sp³-hybridized carbons (Fsp3) is 0.273. The van der Waals surface area contributed by atoms with E-state index in [2.05, 4.69) is 70.4 Å². The number of rotatable bonds is 20. The van der Waals surface area contributed by atoms with Crippen LogP contribution in [0.3, 0.4) is 0 Å². The lowest BCUT2D eigenvalue weighted by Gasteiger charge is -2.19. The third-order valence-corrected chi connectivity index (χ3v) is 23.9. The molecule has 0 radical (unpaired) electrons. The molecule has 0 spiro atoms. The van der Waals surface area contributed by atoms with E-state index >= 15 is 0 Å². The summed E-state index contributed by atoms with van der Waals surface area (Å²) in [4.78, 5) is 210. The fourth-order valence-electron chi connectivity index (χ4n) is 16.6. The van der Waals surface area contributed by atoms with Crippen molar-refractivity contribution in [2.75, 3.05) is 52.2 Å². The van der Waals surface area contributed by atoms with Gasteiger partial charge in [0, 0.05) is 158 Å². The molecule has 6 aromatic carbocycles. The molecule has 6 aliphatic heterocycles. The van der Waals surface area contributed by atoms with Crippen LogP contribution in [-0.4, -0.2) is 127 Å². The van der Waals surface area contributed by atoms with Gasteiger partial charge in [0.15, 0.2) is 5.76 Å². The summed E-state index contributed by atoms with van der Waals surface area (Å²) in [6, 6.07) is 34.7. The van der Waals surface area contributed by atoms with E-state index in [0.29, 0.717) is 162 Å². The van der Waals surface area contributed by atoms with Gasteiger partial charge in [-0.2, -0.15) is 0 Å². The lowest BCUT2D eigenvalue weighted by Crippen LogP contribution is -2.39. The van der Waals surface area contributed by atoms with Crippen molar-refractivity contribution < 1.29 is 122 Å². The number of fused-ring (bicyclic) bond motifs is 6. The molecule has 39 heteroatoms. The summed E-state index contributed by atoms with van der Waals surface area (Å²) in [5.74, 6) is -6.78. The number of hydrogen-bond acceptors (Lipinski definition) is 27. The van der Waals surface area contributed by atoms with E-state index in [1.54, 1.807) is 141 Å². The SMILES string of the molecule is C=CC(=O)Nc1ccc2occ(C3CCC(=O)NC3=O)c2c1.CCC(=O)Nc1ccc2occ(C3CCC(=O)NC3=O)c2c1.COCCC(=O)Nc1ccc2occ(C3CCC(=O)NC3=O)c2c1.NCC(=O)Nc1ccc2occ(C3CCC(=O)NC3=O)c2c1.O=C1CCC(c2coc3ccc(NC(=O)C4CC4)cc23)C(=O)N1.O=C1CCC(c2coc3ccc(NC(=O)c4ccco4)cc23)C(=O)N1. The molecule has 1 aliphatic carbocycles. The number of hydrogen-bond donors (Lipinski definition) is 13. The first-order valence-corrected chi connectivity index (χ1v) is 44.3. The van der Waals surface area contributed by atoms with Crippen molar-refractivity contribution in [2.45, 2.75) is 145 Å². The Kier molecular flexibility index (Phi) is 29.8. The predicted molar refractivity (Wildman–Crippen MR) is 497 cm³/mol. The van der Waals surface area contributed by atoms with E-state index in [4.69, 9.17) is 41.4 Å². The number of furan rings is 7. The number of anilines is 6. The lowest BCUT2D eigenvalue weighted by molar-refractivity contribution is -0.135. The van der Waals surface area contributed by atoms with Crippen LogP contribution in [0.2, 0.25) is 0 Å². The number of nitrogens with one attached hydrogen (secondary N) is 12. The van der Waals surface area contributed by atoms with Gasteiger partial charge in [0.25, 0.3) is 5.91 Å². The van der Waals surface area contributed by atoms with Crippen LogP contribution in [0.5, 0.6) is 0 Å². The van der Waals surface area contributed by atoms with Crippen molar-refractivity contribution in [2.24, 2.45) is 11.7 Å². The lowest BCUT2D eigenvalue weighted by atomic mass is 9.90. The van der Waals surface area contributed by atoms with Crippen molar-refractivity contribution >= 4 is 206 Å². The highest BCUT2D eigenvalue weighted by Crippen LogP contribution is 2.42. The first-order valence-electron chi connectivity index (χ1n) is 44.3. The normalized spacial score (nSPS) is 18.5. The number of carbonyl (C=O) groups is 18. The molecule has 710 valence electrons. The van der Waals surface area contributed by atoms with Gasteiger partial charge < -0.3 is 73.3 Å². The average molecular weight is 1880 g/mol. The smallest absolute Gasteiger partial charge is 0.291 e. The Balaban J connectivity index is 0.000000126. The Morgan fingerprint density at radius 3 is 0.891 bits per heavy atom. The van der Waals surface area contributed by atoms with Crippen molar-refractivity contribution in [1.82, 2.24) is 31.9 Å². The molecule has 20 rings (SSSR count). The Morgan fingerprint density at radius 1 is 0.362 bits per heavy atom. The van der Waals surface area contributed by atoms with E-state index in [1.807, 2.05) is 6.07 Å². The Bertz CT molecular complexity index is 6910. The highest BCUT2D eigenvalue weighted by molar-refractivity contribution is 6.11. The van der Waals surface area contributed by atoms with Gasteiger partial charge in [-0.1, -0.05) is 13.5 Å². The quantitative estimate of drug-likeness (QED) is 0.0249. The summed E-state index contributed by atoms with van der Waals surface area (Å²) in [7, 11) is 1.54. The monoisotopic (exact) mass is 1880 g/mol. The minimum absolute atomic E-state index is 0.0374. The Hall–Kier alpha value is -16.8. The number of methoxy groups -OCH3 is 1. The molecule has 0 bridgehead atoms. The van der Waals surface area contributed by atoms with E-state index in [1.165, 1.54) is 38.2 Å². The summed E-state index contributed by atoms with van der Waals surface area (Å²) in [6.45, 7) is 5.42. The van der Waals surface area contributed by atoms with E-state index in [0.717, 1.165) is 67.4 Å². The second-order valence-corrected chi connectivity index (χ2v) is 33.3. The van der Waals surface area contributed by atoms with Gasteiger partial charge in [-0.05, 0) is 179 Å². The first kappa shape index (κ1) is 95.8. The van der Waals surface area contributed by atoms with E-state index in [9.17, 15) is 86.3 Å². The number of imide groups is 6. The minimum Gasteiger partial charge on any atom is -0.464 e. The average Bonchev–Trinajstić information content (AvgIpc) is 1.66. The van der Waals surface area contributed by atoms with Crippen molar-refractivity contribution in [3.8, 4) is 0 Å². The standard InChI is InChI=1S/C18H14N2O5.C17H18N2O5.C17H16N2O4.C16H16N2O4.C16H14N2O4.C15H15N3O4/c21-16-6-4-11(17(22)20-16)13-9-25-14-5-3-10(8-12(13)14)19-18(23)15-2-1-7-24-15;1-23-7-6-16(21)18-10-2-4-14-12(8-10)13(9-24-14)11-3-5-15(20)19-17(11)22;20-15-6-4-11(17(22)19-15)13-8-23-14-5-3-10(7-12(13)14)18-16(21)9-1-2-9;2*1-2-14(19)17-9-3-5-13-11(7-9)12(8-22-13)10-4-6-15(20)18-16(10)21;16-6-14(20)17-8-1-3-12-10(5-8)11(7-22-12)9-2-4-13(19)18-15(9)21/h1-3,5,7-9,11H,4,6H2,(H,19,23)(H,20,21,22);2,4,8-9,11H,3,5-7H2,1H3,(H,18,21)(H,19,20,22);3,5,7-9,11H,1-2,4,6H2,(H,18,21)(H,19,20,22);3,5,7-8,10H,2,4,6H2,1H3,(H,17,19)(H,18,20,21);2-3,5,7-8,10H,1,4,6H2,(H,17,19)(H,18,20,21);1,3,5,7,9H,2,4,6,16H2,(H,17,20)(H,18,19,21). The summed E-state index contributed by atoms with van der Waals surface area (Å²) >= 11 is 0. The van der Waals surface area contributed by atoms with E-state index < -0.39 is 35.5 Å². The highest BCUT2D eigenvalue weighted by atomic mass is 16.5. The molecule has 6 saturated heterocycles. The molecule has 13 heterocycles. The number of amides is 18. The number of nitrogens with two attached hydrogens (primary N) is 1. The van der Waals surface area contributed by atoms with Crippen LogP contribution >= 0.6 is 0 Å². The Morgan fingerprint density at radius 2 is 0.638 bits per heavy atom. The summed E-state index contributed by atoms with van der Waals surface area (Å²) in [6.07, 6.45) is 18.9. The molecule has 6 unspecified atom stereocenters. The van der Waals surface area contributed by atoms with Crippen LogP contribution in [0.4, 0.5) is 34.1 Å². The number of benzene rings is 6. The second kappa shape index (κ2) is 43.0. The van der Waals surface area contributed by atoms with Crippen LogP contribution in [0.1, 0.15) is 189 Å². The number of ether oxygens (including phenoxy) is 1. The van der Waals surface area contributed by atoms with Gasteiger partial charge in [-0.15, -0.1) is 0 Å². The third-order valence-electron chi connectivity index (χ3n) is 23.9. The molecule has 7 fully saturated rings. The summed E-state index contributed by atoms with van der Waals surface area (Å²) in [5, 5.41) is 35.2. The largest absolute Gasteiger partial charge is 0.464 e. The van der Waals surface area contributed by atoms with Crippen LogP contribution in [0.25, 0.3) is 65.8 Å². The van der Waals surface area contributed by atoms with Gasteiger partial charge in [-0.25, -0.2) is 0 Å². The van der Waals surface area contributed by atoms with Crippen LogP contribution in [0, 0.1) is 5.92 Å². The molecule has 18 amide bonds. The molecule has 13 aromatic rings. The van der Waals surface area contributed by atoms with Crippen molar-refractivity contribution in [3.63, 3.8) is 0 Å². The third kappa shape index (κ3) is 23.0. The molecule has 138 heavy (non-hydrogen) atoms. The molecule has 1 saturated carbocycles. The molecular weight excluding hydrogens is 1790 g/mol. The summed E-state index contributed by atoms with van der Waals surface area (Å²) in [5.41, 5.74) is 17.1. The number of carbonyl (C=O) groups excluding carboxylic acids is 18. The van der Waals surface area contributed by atoms with Gasteiger partial charge >= 0.3 is 0 Å². The van der Waals surface area contributed by atoms with Crippen molar-refractivity contribution in [3.05, 3.63) is 217 Å². The maximum atomic E-state index is 12.1. The molecular formula is C99H93N13O26. The van der Waals surface area contributed by atoms with Gasteiger partial charge in [0.05, 0.1) is 98.9 Å². The van der Waals surface area contributed by atoms with Gasteiger partial charge in [-0.3, -0.25) is 118 Å². The van der Waals surface area contributed by atoms with Crippen molar-refractivity contribution in [1.29, 1.82) is 0 Å². The minimum atomic E-state index is -0.449. The maximum Gasteiger partial charge on any atom is 0.291 e. The molecule has 7 aliphatic rings. The molecule has 14 N–H and O–H groups in total. The first-order chi connectivity index (χ1) is 66.5. The molecule has 6 atom stereocenters. The fourth-order valence-corrected chi connectivity index (χ4v) is 16.6. The van der Waals surface area contributed by atoms with Gasteiger partial charge in [0.1, 0.15) is 33.5 Å². The number of piperidine rings is 6. The highest BCUT2D eigenvalue weighted by Gasteiger charge is 2.38. The topological polar surface area (TPSA) is 579 Å². The van der Waals surface area contributed by atoms with Crippen LogP contribution < -0.4 is 69.5 Å². The predicted octanol–water partition coefficient (Wildman–Crippen LogP) is 12.3. The maximum absolute atomic E-state index is 12.1. The Labute approximate surface area is 782 Å².